The summed E-state index contributed by atoms with van der Waals surface area (Å²) in [7, 11) is -4.69. The molecule has 1 aliphatic rings. The number of aromatic nitrogens is 2. The van der Waals surface area contributed by atoms with E-state index in [1.54, 1.807) is 0 Å². The van der Waals surface area contributed by atoms with Crippen molar-refractivity contribution in [1.29, 1.82) is 0 Å². The van der Waals surface area contributed by atoms with Gasteiger partial charge in [-0.15, -0.1) is 5.10 Å². The minimum atomic E-state index is -4.69. The van der Waals surface area contributed by atoms with Crippen LogP contribution in [0.25, 0.3) is 10.9 Å². The topological polar surface area (TPSA) is 55.2 Å². The summed E-state index contributed by atoms with van der Waals surface area (Å²) in [5, 5.41) is 3.46. The van der Waals surface area contributed by atoms with Crippen LogP contribution in [0, 0.1) is 0 Å². The number of nitrogens with zero attached hydrogens (tertiary/aromatic N) is 3. The van der Waals surface area contributed by atoms with Crippen LogP contribution in [0.3, 0.4) is 0 Å². The number of anilines is 1. The quantitative estimate of drug-likeness (QED) is 0.466. The number of alkyl halides is 6. The highest BCUT2D eigenvalue weighted by molar-refractivity contribution is 7.90. The fourth-order valence-electron chi connectivity index (χ4n) is 3.34. The minimum absolute atomic E-state index is 0.148. The first-order chi connectivity index (χ1) is 15.9. The molecular weight excluding hydrogens is 484 g/mol. The van der Waals surface area contributed by atoms with Crippen LogP contribution in [-0.4, -0.2) is 42.5 Å². The molecule has 0 N–H and O–H groups in total. The second-order valence-corrected chi connectivity index (χ2v) is 9.34. The van der Waals surface area contributed by atoms with Crippen molar-refractivity contribution in [3.8, 4) is 0 Å². The molecule has 4 rings (SSSR count). The third-order valence-corrected chi connectivity index (χ3v) is 6.88. The highest BCUT2D eigenvalue weighted by Crippen LogP contribution is 2.45. The van der Waals surface area contributed by atoms with Gasteiger partial charge in [0.05, 0.1) is 33.9 Å². The molecule has 0 saturated carbocycles. The average Bonchev–Trinajstić information content (AvgIpc) is 3.23. The molecule has 0 unspecified atom stereocenters. The predicted molar refractivity (Wildman–Crippen MR) is 105 cm³/mol. The van der Waals surface area contributed by atoms with Crippen molar-refractivity contribution in [3.05, 3.63) is 53.1 Å². The summed E-state index contributed by atoms with van der Waals surface area (Å²) < 4.78 is 131. The van der Waals surface area contributed by atoms with Gasteiger partial charge in [-0.1, -0.05) is 29.8 Å². The molecule has 1 aliphatic heterocycles. The van der Waals surface area contributed by atoms with E-state index in [0.29, 0.717) is 21.1 Å². The third kappa shape index (κ3) is 3.49. The fourth-order valence-corrected chi connectivity index (χ4v) is 4.87. The van der Waals surface area contributed by atoms with Crippen LogP contribution in [-0.2, 0) is 15.9 Å². The van der Waals surface area contributed by atoms with E-state index in [4.69, 9.17) is 15.7 Å². The summed E-state index contributed by atoms with van der Waals surface area (Å²) in [6.07, 6.45) is 0. The maximum absolute atomic E-state index is 14.1. The number of hydrogen-bond acceptors (Lipinski definition) is 4. The molecule has 1 aromatic heterocycles. The van der Waals surface area contributed by atoms with Crippen LogP contribution in [0.1, 0.15) is 16.5 Å². The molecule has 0 atom stereocenters. The van der Waals surface area contributed by atoms with Crippen LogP contribution in [0.2, 0.25) is 5.02 Å². The van der Waals surface area contributed by atoms with E-state index in [9.17, 15) is 34.8 Å². The molecule has 0 aliphatic carbocycles. The SMILES string of the molecule is [2H]C([2H])([2H])C(F)(F)c1ccc(S(=O)(=O)n2nc(N3CC(F)(F)C(F)(F)C3)c3c(Cl)cccc32)cc1. The lowest BCUT2D eigenvalue weighted by atomic mass is 10.1. The van der Waals surface area contributed by atoms with Crippen molar-refractivity contribution >= 4 is 38.3 Å². The zero-order chi connectivity index (χ0) is 26.2. The van der Waals surface area contributed by atoms with Gasteiger partial charge in [0.2, 0.25) is 0 Å². The maximum Gasteiger partial charge on any atom is 0.329 e. The van der Waals surface area contributed by atoms with Crippen molar-refractivity contribution in [2.45, 2.75) is 29.5 Å². The van der Waals surface area contributed by atoms with E-state index in [2.05, 4.69) is 5.10 Å². The molecule has 0 spiro atoms. The second kappa shape index (κ2) is 7.01. The second-order valence-electron chi connectivity index (χ2n) is 7.17. The molecule has 0 bridgehead atoms. The Balaban J connectivity index is 1.83. The summed E-state index contributed by atoms with van der Waals surface area (Å²) in [6.45, 7) is -6.58. The van der Waals surface area contributed by atoms with Crippen molar-refractivity contribution in [1.82, 2.24) is 9.19 Å². The standard InChI is InChI=1S/C19H14ClF6N3O2S/c1-17(21,22)11-5-7-12(8-6-11)32(30,31)29-14-4-2-3-13(20)15(14)16(27-29)28-9-18(23,24)19(25,26)10-28/h2-8H,9-10H2,1H3/i1D3. The Morgan fingerprint density at radius 2 is 1.66 bits per heavy atom. The molecule has 1 saturated heterocycles. The summed E-state index contributed by atoms with van der Waals surface area (Å²) in [4.78, 5) is -0.0872. The Morgan fingerprint density at radius 1 is 1.06 bits per heavy atom. The number of rotatable bonds is 4. The maximum atomic E-state index is 14.1. The highest BCUT2D eigenvalue weighted by Gasteiger charge is 2.63. The molecule has 5 nitrogen and oxygen atoms in total. The Labute approximate surface area is 187 Å². The first-order valence-corrected chi connectivity index (χ1v) is 10.6. The minimum Gasteiger partial charge on any atom is -0.342 e. The van der Waals surface area contributed by atoms with Crippen LogP contribution in [0.15, 0.2) is 47.4 Å². The molecule has 2 aromatic carbocycles. The van der Waals surface area contributed by atoms with Crippen LogP contribution in [0.5, 0.6) is 0 Å². The largest absolute Gasteiger partial charge is 0.342 e. The molecule has 172 valence electrons. The monoisotopic (exact) mass is 500 g/mol. The normalized spacial score (nSPS) is 20.2. The van der Waals surface area contributed by atoms with E-state index >= 15 is 0 Å². The zero-order valence-corrected chi connectivity index (χ0v) is 17.2. The molecule has 32 heavy (non-hydrogen) atoms. The van der Waals surface area contributed by atoms with Crippen LogP contribution >= 0.6 is 11.6 Å². The van der Waals surface area contributed by atoms with Gasteiger partial charge in [0.15, 0.2) is 5.82 Å². The Hall–Kier alpha value is -2.47. The zero-order valence-electron chi connectivity index (χ0n) is 18.7. The van der Waals surface area contributed by atoms with Gasteiger partial charge in [-0.05, 0) is 24.3 Å². The van der Waals surface area contributed by atoms with Crippen molar-refractivity contribution in [2.75, 3.05) is 18.0 Å². The summed E-state index contributed by atoms with van der Waals surface area (Å²) >= 11 is 6.12. The van der Waals surface area contributed by atoms with Gasteiger partial charge in [-0.3, -0.25) is 0 Å². The lowest BCUT2D eigenvalue weighted by molar-refractivity contribution is -0.172. The van der Waals surface area contributed by atoms with Crippen LogP contribution < -0.4 is 4.90 Å². The Morgan fingerprint density at radius 3 is 2.22 bits per heavy atom. The Kier molecular flexibility index (Phi) is 4.17. The van der Waals surface area contributed by atoms with Crippen molar-refractivity contribution in [2.24, 2.45) is 0 Å². The van der Waals surface area contributed by atoms with E-state index in [1.165, 1.54) is 18.2 Å². The first-order valence-electron chi connectivity index (χ1n) is 10.3. The number of benzene rings is 2. The molecule has 0 radical (unpaired) electrons. The molecular formula is C19H14ClF6N3O2S. The van der Waals surface area contributed by atoms with Gasteiger partial charge < -0.3 is 4.90 Å². The predicted octanol–water partition coefficient (Wildman–Crippen LogP) is 5.13. The molecule has 1 fully saturated rings. The molecule has 0 amide bonds. The summed E-state index contributed by atoms with van der Waals surface area (Å²) in [6, 6.07) is 6.47. The third-order valence-electron chi connectivity index (χ3n) is 4.96. The lowest BCUT2D eigenvalue weighted by Gasteiger charge is -2.14. The van der Waals surface area contributed by atoms with E-state index in [-0.39, 0.29) is 15.9 Å². The van der Waals surface area contributed by atoms with Crippen molar-refractivity contribution < 1.29 is 38.9 Å². The van der Waals surface area contributed by atoms with Gasteiger partial charge in [-0.2, -0.15) is 30.1 Å². The van der Waals surface area contributed by atoms with Crippen molar-refractivity contribution in [3.63, 3.8) is 0 Å². The fraction of sp³-hybridized carbons (Fsp3) is 0.316. The summed E-state index contributed by atoms with van der Waals surface area (Å²) in [5.74, 6) is -13.6. The lowest BCUT2D eigenvalue weighted by Crippen LogP contribution is -2.38. The van der Waals surface area contributed by atoms with Gasteiger partial charge in [0.25, 0.3) is 15.9 Å². The van der Waals surface area contributed by atoms with Gasteiger partial charge in [-0.25, -0.2) is 8.78 Å². The van der Waals surface area contributed by atoms with Gasteiger partial charge in [0, 0.05) is 16.5 Å². The molecule has 13 heteroatoms. The molecule has 3 aromatic rings. The number of hydrogen-bond donors (Lipinski definition) is 0. The van der Waals surface area contributed by atoms with Crippen LogP contribution in [0.4, 0.5) is 32.2 Å². The van der Waals surface area contributed by atoms with E-state index in [0.717, 1.165) is 12.1 Å². The van der Waals surface area contributed by atoms with Gasteiger partial charge in [0.1, 0.15) is 0 Å². The smallest absolute Gasteiger partial charge is 0.329 e. The number of halogens is 7. The Bertz CT molecular complexity index is 1400. The summed E-state index contributed by atoms with van der Waals surface area (Å²) in [5.41, 5.74) is -1.20. The molecule has 2 heterocycles. The van der Waals surface area contributed by atoms with E-state index < -0.39 is 64.0 Å². The average molecular weight is 501 g/mol. The first kappa shape index (κ1) is 19.0. The number of fused-ring (bicyclic) bond motifs is 1. The highest BCUT2D eigenvalue weighted by atomic mass is 35.5. The van der Waals surface area contributed by atoms with Gasteiger partial charge >= 0.3 is 11.8 Å². The van der Waals surface area contributed by atoms with E-state index in [1.807, 2.05) is 0 Å².